The molecular weight excluding hydrogens is 298 g/mol. The third-order valence-electron chi connectivity index (χ3n) is 3.20. The maximum Gasteiger partial charge on any atom is 0.358 e. The molecule has 1 aliphatic heterocycles. The van der Waals surface area contributed by atoms with E-state index in [1.54, 1.807) is 6.07 Å². The number of sulfonamides is 1. The van der Waals surface area contributed by atoms with Crippen LogP contribution in [0.1, 0.15) is 16.5 Å². The minimum atomic E-state index is -3.56. The van der Waals surface area contributed by atoms with Gasteiger partial charge in [-0.1, -0.05) is 5.21 Å². The average molecular weight is 309 g/mol. The molecule has 110 valence electrons. The average Bonchev–Trinajstić information content (AvgIpc) is 2.87. The Hall–Kier alpha value is -2.33. The third kappa shape index (κ3) is 2.38. The first-order valence-corrected chi connectivity index (χ1v) is 7.48. The lowest BCUT2D eigenvalue weighted by molar-refractivity contribution is 0.0690. The van der Waals surface area contributed by atoms with Crippen LogP contribution in [0.5, 0.6) is 0 Å². The van der Waals surface area contributed by atoms with Gasteiger partial charge in [-0.3, -0.25) is 4.98 Å². The van der Waals surface area contributed by atoms with Gasteiger partial charge in [-0.25, -0.2) is 17.9 Å². The van der Waals surface area contributed by atoms with E-state index >= 15 is 0 Å². The first-order valence-electron chi connectivity index (χ1n) is 6.04. The number of carboxylic acids is 1. The maximum absolute atomic E-state index is 12.3. The smallest absolute Gasteiger partial charge is 0.358 e. The van der Waals surface area contributed by atoms with Gasteiger partial charge in [-0.2, -0.15) is 4.31 Å². The minimum absolute atomic E-state index is 0.133. The summed E-state index contributed by atoms with van der Waals surface area (Å²) >= 11 is 0. The van der Waals surface area contributed by atoms with Gasteiger partial charge in [-0.05, 0) is 12.1 Å². The molecule has 9 nitrogen and oxygen atoms in total. The van der Waals surface area contributed by atoms with Crippen molar-refractivity contribution < 1.29 is 18.3 Å². The molecular formula is C11H11N5O4S. The Morgan fingerprint density at radius 2 is 2.14 bits per heavy atom. The van der Waals surface area contributed by atoms with Crippen LogP contribution in [0.2, 0.25) is 0 Å². The van der Waals surface area contributed by atoms with Crippen molar-refractivity contribution in [1.82, 2.24) is 24.3 Å². The van der Waals surface area contributed by atoms with Crippen molar-refractivity contribution in [2.24, 2.45) is 0 Å². The number of aromatic carboxylic acids is 1. The van der Waals surface area contributed by atoms with Crippen LogP contribution < -0.4 is 0 Å². The lowest BCUT2D eigenvalue weighted by atomic mass is 10.2. The molecule has 0 amide bonds. The highest BCUT2D eigenvalue weighted by Crippen LogP contribution is 2.27. The van der Waals surface area contributed by atoms with Crippen molar-refractivity contribution in [3.63, 3.8) is 0 Å². The molecule has 3 heterocycles. The molecule has 1 aliphatic rings. The molecule has 10 heteroatoms. The van der Waals surface area contributed by atoms with Crippen molar-refractivity contribution in [3.05, 3.63) is 36.4 Å². The highest BCUT2D eigenvalue weighted by atomic mass is 32.2. The zero-order chi connectivity index (χ0) is 15.0. The summed E-state index contributed by atoms with van der Waals surface area (Å²) in [7, 11) is -3.56. The number of nitrogens with zero attached hydrogens (tertiary/aromatic N) is 5. The largest absolute Gasteiger partial charge is 0.476 e. The van der Waals surface area contributed by atoms with E-state index in [0.717, 1.165) is 0 Å². The molecule has 0 spiro atoms. The van der Waals surface area contributed by atoms with Crippen LogP contribution in [0, 0.1) is 0 Å². The molecule has 2 aromatic rings. The second-order valence-electron chi connectivity index (χ2n) is 4.55. The van der Waals surface area contributed by atoms with Gasteiger partial charge in [0.15, 0.2) is 5.69 Å². The normalized spacial score (nSPS) is 16.6. The Labute approximate surface area is 119 Å². The molecule has 1 saturated heterocycles. The molecule has 0 aromatic carbocycles. The summed E-state index contributed by atoms with van der Waals surface area (Å²) in [5.41, 5.74) is -0.163. The van der Waals surface area contributed by atoms with E-state index in [-0.39, 0.29) is 29.7 Å². The molecule has 21 heavy (non-hydrogen) atoms. The molecule has 2 aromatic heterocycles. The Kier molecular flexibility index (Phi) is 3.18. The van der Waals surface area contributed by atoms with Crippen molar-refractivity contribution >= 4 is 16.0 Å². The van der Waals surface area contributed by atoms with Crippen molar-refractivity contribution in [2.45, 2.75) is 10.9 Å². The van der Waals surface area contributed by atoms with Gasteiger partial charge in [0.05, 0.1) is 12.2 Å². The highest BCUT2D eigenvalue weighted by Gasteiger charge is 2.38. The van der Waals surface area contributed by atoms with Gasteiger partial charge in [0.1, 0.15) is 4.90 Å². The van der Waals surface area contributed by atoms with Gasteiger partial charge < -0.3 is 5.11 Å². The molecule has 0 aliphatic carbocycles. The molecule has 1 N–H and O–H groups in total. The zero-order valence-corrected chi connectivity index (χ0v) is 11.5. The maximum atomic E-state index is 12.3. The molecule has 0 unspecified atom stereocenters. The molecule has 3 rings (SSSR count). The Balaban J connectivity index is 1.72. The fourth-order valence-corrected chi connectivity index (χ4v) is 3.46. The zero-order valence-electron chi connectivity index (χ0n) is 10.7. The van der Waals surface area contributed by atoms with Crippen LogP contribution >= 0.6 is 0 Å². The number of rotatable bonds is 4. The first kappa shape index (κ1) is 13.6. The number of aromatic nitrogens is 4. The van der Waals surface area contributed by atoms with E-state index in [1.165, 1.54) is 33.6 Å². The quantitative estimate of drug-likeness (QED) is 0.817. The fourth-order valence-electron chi connectivity index (χ4n) is 1.98. The third-order valence-corrected chi connectivity index (χ3v) is 5.02. The number of hydrogen-bond donors (Lipinski definition) is 1. The van der Waals surface area contributed by atoms with Crippen LogP contribution in [0.15, 0.2) is 35.6 Å². The summed E-state index contributed by atoms with van der Waals surface area (Å²) in [6.07, 6.45) is 4.09. The second kappa shape index (κ2) is 4.90. The first-order chi connectivity index (χ1) is 9.98. The molecule has 0 bridgehead atoms. The summed E-state index contributed by atoms with van der Waals surface area (Å²) in [4.78, 5) is 14.6. The minimum Gasteiger partial charge on any atom is -0.476 e. The van der Waals surface area contributed by atoms with E-state index in [2.05, 4.69) is 15.3 Å². The van der Waals surface area contributed by atoms with Gasteiger partial charge >= 0.3 is 5.97 Å². The lowest BCUT2D eigenvalue weighted by Crippen LogP contribution is -2.50. The van der Waals surface area contributed by atoms with Crippen LogP contribution in [-0.2, 0) is 10.0 Å². The summed E-state index contributed by atoms with van der Waals surface area (Å²) in [5, 5.41) is 16.0. The number of carbonyl (C=O) groups is 1. The van der Waals surface area contributed by atoms with E-state index in [4.69, 9.17) is 5.11 Å². The monoisotopic (exact) mass is 309 g/mol. The summed E-state index contributed by atoms with van der Waals surface area (Å²) in [5.74, 6) is -1.17. The summed E-state index contributed by atoms with van der Waals surface area (Å²) < 4.78 is 27.2. The number of hydrogen-bond acceptors (Lipinski definition) is 6. The number of pyridine rings is 1. The molecule has 0 radical (unpaired) electrons. The van der Waals surface area contributed by atoms with Gasteiger partial charge in [0.25, 0.3) is 0 Å². The van der Waals surface area contributed by atoms with Crippen LogP contribution in [-0.4, -0.2) is 56.9 Å². The van der Waals surface area contributed by atoms with Gasteiger partial charge in [-0.15, -0.1) is 5.10 Å². The Bertz CT molecular complexity index is 767. The highest BCUT2D eigenvalue weighted by molar-refractivity contribution is 7.89. The van der Waals surface area contributed by atoms with Crippen LogP contribution in [0.25, 0.3) is 0 Å². The second-order valence-corrected chi connectivity index (χ2v) is 6.49. The van der Waals surface area contributed by atoms with E-state index in [0.29, 0.717) is 0 Å². The summed E-state index contributed by atoms with van der Waals surface area (Å²) in [6, 6.07) is 2.83. The predicted molar refractivity (Wildman–Crippen MR) is 69.0 cm³/mol. The Morgan fingerprint density at radius 3 is 2.71 bits per heavy atom. The van der Waals surface area contributed by atoms with Crippen molar-refractivity contribution in [3.8, 4) is 0 Å². The van der Waals surface area contributed by atoms with E-state index in [1.807, 2.05) is 0 Å². The molecule has 0 atom stereocenters. The summed E-state index contributed by atoms with van der Waals surface area (Å²) in [6.45, 7) is 0.444. The van der Waals surface area contributed by atoms with Crippen LogP contribution in [0.3, 0.4) is 0 Å². The van der Waals surface area contributed by atoms with Gasteiger partial charge in [0.2, 0.25) is 10.0 Å². The number of carboxylic acid groups (broad SMARTS) is 1. The van der Waals surface area contributed by atoms with Crippen LogP contribution in [0.4, 0.5) is 0 Å². The topological polar surface area (TPSA) is 118 Å². The molecule has 1 fully saturated rings. The SMILES string of the molecule is O=C(O)c1cn(C2CN(S(=O)(=O)c3cccnc3)C2)nn1. The van der Waals surface area contributed by atoms with Crippen molar-refractivity contribution in [1.29, 1.82) is 0 Å². The molecule has 0 saturated carbocycles. The predicted octanol–water partition coefficient (Wildman–Crippen LogP) is -0.383. The van der Waals surface area contributed by atoms with Gasteiger partial charge in [0, 0.05) is 25.5 Å². The van der Waals surface area contributed by atoms with Crippen molar-refractivity contribution in [2.75, 3.05) is 13.1 Å². The standard InChI is InChI=1S/C11H11N5O4S/c17-11(18)10-7-16(14-13-10)8-5-15(6-8)21(19,20)9-2-1-3-12-4-9/h1-4,7-8H,5-6H2,(H,17,18). The van der Waals surface area contributed by atoms with E-state index < -0.39 is 16.0 Å². The Morgan fingerprint density at radius 1 is 1.38 bits per heavy atom. The fraction of sp³-hybridized carbons (Fsp3) is 0.273. The lowest BCUT2D eigenvalue weighted by Gasteiger charge is -2.37. The van der Waals surface area contributed by atoms with E-state index in [9.17, 15) is 13.2 Å².